The van der Waals surface area contributed by atoms with Crippen LogP contribution in [0.25, 0.3) is 0 Å². The van der Waals surface area contributed by atoms with E-state index >= 15 is 0 Å². The number of thioether (sulfide) groups is 1. The van der Waals surface area contributed by atoms with Crippen LogP contribution in [-0.2, 0) is 0 Å². The smallest absolute Gasteiger partial charge is 0.384 e. The molecule has 19 heavy (non-hydrogen) atoms. The lowest BCUT2D eigenvalue weighted by Crippen LogP contribution is -2.22. The van der Waals surface area contributed by atoms with Crippen LogP contribution in [0.3, 0.4) is 0 Å². The fourth-order valence-corrected chi connectivity index (χ4v) is 1.68. The van der Waals surface area contributed by atoms with E-state index in [9.17, 15) is 18.0 Å². The molecule has 0 aromatic carbocycles. The number of rotatable bonds is 5. The molecule has 8 heteroatoms. The fourth-order valence-electron chi connectivity index (χ4n) is 1.25. The van der Waals surface area contributed by atoms with Crippen LogP contribution in [-0.4, -0.2) is 47.7 Å². The highest BCUT2D eigenvalue weighted by Gasteiger charge is 2.27. The topological polar surface area (TPSA) is 45.2 Å². The van der Waals surface area contributed by atoms with E-state index < -0.39 is 5.51 Å². The third-order valence-corrected chi connectivity index (χ3v) is 2.82. The highest BCUT2D eigenvalue weighted by Crippen LogP contribution is 2.29. The Labute approximate surface area is 113 Å². The molecule has 0 saturated carbocycles. The van der Waals surface area contributed by atoms with Crippen molar-refractivity contribution >= 4 is 23.4 Å². The number of alkyl halides is 3. The lowest BCUT2D eigenvalue weighted by molar-refractivity contribution is -0.0327. The van der Waals surface area contributed by atoms with Gasteiger partial charge in [-0.2, -0.15) is 13.2 Å². The van der Waals surface area contributed by atoms with E-state index in [0.29, 0.717) is 5.69 Å². The zero-order chi connectivity index (χ0) is 14.5. The highest BCUT2D eigenvalue weighted by molar-refractivity contribution is 8.00. The van der Waals surface area contributed by atoms with Gasteiger partial charge in [-0.1, -0.05) is 0 Å². The summed E-state index contributed by atoms with van der Waals surface area (Å²) in [5, 5.41) is 2.82. The van der Waals surface area contributed by atoms with E-state index in [1.54, 1.807) is 20.2 Å². The zero-order valence-corrected chi connectivity index (χ0v) is 11.3. The number of pyridine rings is 1. The number of halogens is 3. The number of hydrogen-bond acceptors (Lipinski definition) is 4. The largest absolute Gasteiger partial charge is 0.441 e. The van der Waals surface area contributed by atoms with Crippen molar-refractivity contribution in [3.63, 3.8) is 0 Å². The number of amides is 1. The molecule has 0 aliphatic heterocycles. The molecule has 0 radical (unpaired) electrons. The van der Waals surface area contributed by atoms with Gasteiger partial charge in [-0.05, 0) is 23.9 Å². The Bertz CT molecular complexity index is 437. The van der Waals surface area contributed by atoms with Gasteiger partial charge in [0.05, 0.1) is 0 Å². The summed E-state index contributed by atoms with van der Waals surface area (Å²) in [5.41, 5.74) is -3.40. The van der Waals surface area contributed by atoms with Gasteiger partial charge in [-0.15, -0.1) is 0 Å². The van der Waals surface area contributed by atoms with Crippen LogP contribution in [0.2, 0.25) is 0 Å². The van der Waals surface area contributed by atoms with Crippen LogP contribution in [0.5, 0.6) is 0 Å². The second-order valence-corrected chi connectivity index (χ2v) is 5.01. The monoisotopic (exact) mass is 293 g/mol. The van der Waals surface area contributed by atoms with Crippen molar-refractivity contribution in [3.8, 4) is 0 Å². The molecular weight excluding hydrogens is 279 g/mol. The van der Waals surface area contributed by atoms with Crippen LogP contribution >= 0.6 is 11.8 Å². The van der Waals surface area contributed by atoms with E-state index in [0.717, 1.165) is 0 Å². The van der Waals surface area contributed by atoms with Crippen LogP contribution in [0.1, 0.15) is 10.5 Å². The maximum Gasteiger partial charge on any atom is 0.441 e. The van der Waals surface area contributed by atoms with Gasteiger partial charge in [0.1, 0.15) is 5.69 Å². The molecule has 1 heterocycles. The quantitative estimate of drug-likeness (QED) is 0.847. The zero-order valence-electron chi connectivity index (χ0n) is 10.5. The molecule has 1 aromatic rings. The lowest BCUT2D eigenvalue weighted by Gasteiger charge is -2.11. The van der Waals surface area contributed by atoms with Gasteiger partial charge in [0.2, 0.25) is 0 Å². The first-order chi connectivity index (χ1) is 8.79. The number of carbonyl (C=O) groups excluding carboxylic acids is 1. The number of carbonyl (C=O) groups is 1. The molecule has 0 aliphatic rings. The Balaban J connectivity index is 2.51. The van der Waals surface area contributed by atoms with Crippen molar-refractivity contribution in [2.45, 2.75) is 5.51 Å². The molecule has 1 aromatic heterocycles. The molecule has 4 nitrogen and oxygen atoms in total. The minimum Gasteiger partial charge on any atom is -0.384 e. The fraction of sp³-hybridized carbons (Fsp3) is 0.455. The van der Waals surface area contributed by atoms with Crippen LogP contribution in [0.15, 0.2) is 18.3 Å². The minimum absolute atomic E-state index is 0.0851. The summed E-state index contributed by atoms with van der Waals surface area (Å²) in [6.45, 7) is 0.157. The standard InChI is InChI=1S/C11H14F3N3OS/c1-17(2)10(18)9-7-8(3-4-16-9)15-5-6-19-11(12,13)14/h3-4,7H,5-6H2,1-2H3,(H,15,16). The van der Waals surface area contributed by atoms with Crippen molar-refractivity contribution in [2.24, 2.45) is 0 Å². The number of hydrogen-bond donors (Lipinski definition) is 1. The van der Waals surface area contributed by atoms with Crippen molar-refractivity contribution in [2.75, 3.05) is 31.7 Å². The Kier molecular flexibility index (Phi) is 5.46. The first kappa shape index (κ1) is 15.6. The van der Waals surface area contributed by atoms with Crippen molar-refractivity contribution in [3.05, 3.63) is 24.0 Å². The summed E-state index contributed by atoms with van der Waals surface area (Å²) < 4.78 is 35.7. The molecule has 1 N–H and O–H groups in total. The van der Waals surface area contributed by atoms with Crippen LogP contribution in [0, 0.1) is 0 Å². The van der Waals surface area contributed by atoms with E-state index in [2.05, 4.69) is 10.3 Å². The van der Waals surface area contributed by atoms with E-state index in [-0.39, 0.29) is 35.7 Å². The number of nitrogens with zero attached hydrogens (tertiary/aromatic N) is 2. The van der Waals surface area contributed by atoms with Gasteiger partial charge in [0.15, 0.2) is 0 Å². The average Bonchev–Trinajstić information content (AvgIpc) is 2.33. The van der Waals surface area contributed by atoms with Gasteiger partial charge in [-0.25, -0.2) is 0 Å². The Morgan fingerprint density at radius 3 is 2.74 bits per heavy atom. The molecule has 1 rings (SSSR count). The Morgan fingerprint density at radius 1 is 1.47 bits per heavy atom. The third kappa shape index (κ3) is 5.82. The van der Waals surface area contributed by atoms with Crippen molar-refractivity contribution in [1.29, 1.82) is 0 Å². The first-order valence-corrected chi connectivity index (χ1v) is 6.40. The van der Waals surface area contributed by atoms with Crippen molar-refractivity contribution < 1.29 is 18.0 Å². The molecule has 0 spiro atoms. The number of aromatic nitrogens is 1. The molecule has 0 atom stereocenters. The second kappa shape index (κ2) is 6.65. The van der Waals surface area contributed by atoms with E-state index in [1.165, 1.54) is 17.2 Å². The molecule has 0 aliphatic carbocycles. The lowest BCUT2D eigenvalue weighted by atomic mass is 10.3. The minimum atomic E-state index is -4.22. The number of nitrogens with one attached hydrogen (secondary N) is 1. The van der Waals surface area contributed by atoms with E-state index in [4.69, 9.17) is 0 Å². The SMILES string of the molecule is CN(C)C(=O)c1cc(NCCSC(F)(F)F)ccn1. The normalized spacial score (nSPS) is 11.2. The maximum atomic E-state index is 11.9. The molecule has 0 bridgehead atoms. The van der Waals surface area contributed by atoms with Crippen LogP contribution < -0.4 is 5.32 Å². The third-order valence-electron chi connectivity index (χ3n) is 2.08. The number of anilines is 1. The Hall–Kier alpha value is -1.44. The van der Waals surface area contributed by atoms with Gasteiger partial charge in [0, 0.05) is 38.3 Å². The molecule has 0 saturated heterocycles. The van der Waals surface area contributed by atoms with Crippen molar-refractivity contribution in [1.82, 2.24) is 9.88 Å². The molecule has 0 unspecified atom stereocenters. The molecule has 1 amide bonds. The average molecular weight is 293 g/mol. The first-order valence-electron chi connectivity index (χ1n) is 5.42. The summed E-state index contributed by atoms with van der Waals surface area (Å²) in [6, 6.07) is 3.12. The van der Waals surface area contributed by atoms with Gasteiger partial charge in [-0.3, -0.25) is 9.78 Å². The summed E-state index contributed by atoms with van der Waals surface area (Å²) in [5.74, 6) is -0.351. The highest BCUT2D eigenvalue weighted by atomic mass is 32.2. The van der Waals surface area contributed by atoms with Gasteiger partial charge in [0.25, 0.3) is 5.91 Å². The summed E-state index contributed by atoms with van der Waals surface area (Å²) in [6.07, 6.45) is 1.44. The van der Waals surface area contributed by atoms with Crippen LogP contribution in [0.4, 0.5) is 18.9 Å². The van der Waals surface area contributed by atoms with E-state index in [1.807, 2.05) is 0 Å². The predicted octanol–water partition coefficient (Wildman–Crippen LogP) is 2.45. The summed E-state index contributed by atoms with van der Waals surface area (Å²) >= 11 is -0.0851. The van der Waals surface area contributed by atoms with Gasteiger partial charge >= 0.3 is 5.51 Å². The maximum absolute atomic E-state index is 11.9. The summed E-state index contributed by atoms with van der Waals surface area (Å²) in [7, 11) is 3.20. The summed E-state index contributed by atoms with van der Waals surface area (Å²) in [4.78, 5) is 16.9. The predicted molar refractivity (Wildman–Crippen MR) is 69.3 cm³/mol. The second-order valence-electron chi connectivity index (χ2n) is 3.85. The molecule has 106 valence electrons. The molecule has 0 fully saturated rings. The Morgan fingerprint density at radius 2 is 2.16 bits per heavy atom. The van der Waals surface area contributed by atoms with Gasteiger partial charge < -0.3 is 10.2 Å². The molecular formula is C11H14F3N3OS.